The minimum Gasteiger partial charge on any atom is -0.0735 e. The van der Waals surface area contributed by atoms with Crippen molar-refractivity contribution in [2.24, 2.45) is 0 Å². The van der Waals surface area contributed by atoms with Crippen LogP contribution < -0.4 is 20.7 Å². The molecular weight excluding hydrogens is 866 g/mol. The van der Waals surface area contributed by atoms with E-state index in [1.54, 1.807) is 20.7 Å². The molecule has 304 valence electrons. The van der Waals surface area contributed by atoms with Crippen LogP contribution in [0.4, 0.5) is 0 Å². The molecule has 6 rings (SSSR count). The molecule has 4 aromatic carbocycles. The minimum atomic E-state index is -1.66. The molecule has 2 fully saturated rings. The summed E-state index contributed by atoms with van der Waals surface area (Å²) in [5, 5.41) is 7.20. The van der Waals surface area contributed by atoms with E-state index in [0.29, 0.717) is 0 Å². The summed E-state index contributed by atoms with van der Waals surface area (Å²) in [5.74, 6) is 0. The lowest BCUT2D eigenvalue weighted by molar-refractivity contribution is 1.69. The molecule has 0 aliphatic carbocycles. The maximum Gasteiger partial charge on any atom is 0.0711 e. The Labute approximate surface area is 355 Å². The summed E-state index contributed by atoms with van der Waals surface area (Å²) in [6, 6.07) is 47.9. The van der Waals surface area contributed by atoms with E-state index >= 15 is 0 Å². The van der Waals surface area contributed by atoms with E-state index in [-0.39, 0.29) is 0 Å². The Kier molecular flexibility index (Phi) is 12.1. The predicted octanol–water partition coefficient (Wildman–Crippen LogP) is 10.6. The summed E-state index contributed by atoms with van der Waals surface area (Å²) in [6.07, 6.45) is 0. The zero-order valence-corrected chi connectivity index (χ0v) is 51.5. The highest BCUT2D eigenvalue weighted by Gasteiger charge is 2.81. The van der Waals surface area contributed by atoms with Gasteiger partial charge in [0, 0.05) is 56.9 Å². The largest absolute Gasteiger partial charge is 0.0735 e. The molecule has 0 spiro atoms. The Morgan fingerprint density at radius 1 is 0.179 bits per heavy atom. The zero-order chi connectivity index (χ0) is 42.5. The van der Waals surface area contributed by atoms with Gasteiger partial charge in [0.05, 0.1) is 28.4 Å². The number of benzene rings is 4. The van der Waals surface area contributed by atoms with E-state index in [1.165, 1.54) is 0 Å². The van der Waals surface area contributed by atoms with Gasteiger partial charge in [0.25, 0.3) is 0 Å². The van der Waals surface area contributed by atoms with Crippen molar-refractivity contribution in [3.05, 3.63) is 121 Å². The maximum atomic E-state index is 2.89. The van der Waals surface area contributed by atoms with Gasteiger partial charge in [-0.05, 0) is 0 Å². The van der Waals surface area contributed by atoms with Crippen LogP contribution in [-0.4, -0.2) is 85.3 Å². The first-order chi connectivity index (χ1) is 25.4. The van der Waals surface area contributed by atoms with Crippen LogP contribution in [0.1, 0.15) is 0 Å². The highest BCUT2D eigenvalue weighted by Crippen LogP contribution is 2.53. The first-order valence-electron chi connectivity index (χ1n) is 21.6. The molecule has 0 bridgehead atoms. The van der Waals surface area contributed by atoms with Gasteiger partial charge in [0.1, 0.15) is 0 Å². The van der Waals surface area contributed by atoms with E-state index in [9.17, 15) is 0 Å². The van der Waals surface area contributed by atoms with Crippen LogP contribution in [0.25, 0.3) is 0 Å². The monoisotopic (exact) mass is 944 g/mol. The Balaban J connectivity index is 0.000000214. The van der Waals surface area contributed by atoms with Crippen molar-refractivity contribution in [3.63, 3.8) is 0 Å². The van der Waals surface area contributed by atoms with Crippen LogP contribution >= 0.6 is 0 Å². The van der Waals surface area contributed by atoms with Gasteiger partial charge in [-0.25, -0.2) is 0 Å². The van der Waals surface area contributed by atoms with Crippen molar-refractivity contribution in [1.82, 2.24) is 0 Å². The maximum absolute atomic E-state index is 2.89. The van der Waals surface area contributed by atoms with Crippen LogP contribution in [0.15, 0.2) is 121 Å². The first-order valence-corrected chi connectivity index (χ1v) is 67.6. The molecule has 0 nitrogen and oxygen atoms in total. The Hall–Kier alpha value is -0.517. The van der Waals surface area contributed by atoms with Crippen molar-refractivity contribution < 1.29 is 0 Å². The van der Waals surface area contributed by atoms with Crippen LogP contribution in [0.2, 0.25) is 131 Å². The Bertz CT molecular complexity index is 1720. The summed E-state index contributed by atoms with van der Waals surface area (Å²) in [6.45, 7) is 57.3. The third kappa shape index (κ3) is 5.51. The SMILES string of the molecule is C[Si]1(C)[Si](C)(C)[Si](C)(C)[Si@@](C)(c2ccccc2)[Si@@](C)(c2ccccc2)[Si]1(C)C.C[Si]1(C)[Si](C)(C)[Si](C)(C)[Si@@](C)(c2ccccc2)[Si@@](C)(c2ccccc2)[Si]1(C)C. The molecule has 2 heterocycles. The van der Waals surface area contributed by atoms with Crippen molar-refractivity contribution in [2.45, 2.75) is 131 Å². The third-order valence-electron chi connectivity index (χ3n) is 21.8. The van der Waals surface area contributed by atoms with Gasteiger partial charge in [-0.15, -0.1) is 0 Å². The molecule has 4 atom stereocenters. The van der Waals surface area contributed by atoms with Crippen LogP contribution in [-0.2, 0) is 0 Å². The Morgan fingerprint density at radius 3 is 0.429 bits per heavy atom. The van der Waals surface area contributed by atoms with Gasteiger partial charge in [0.2, 0.25) is 0 Å². The lowest BCUT2D eigenvalue weighted by atomic mass is 10.4. The predicted molar refractivity (Wildman–Crippen MR) is 291 cm³/mol. The first kappa shape index (κ1) is 46.5. The van der Waals surface area contributed by atoms with Crippen LogP contribution in [0, 0.1) is 0 Å². The molecule has 0 unspecified atom stereocenters. The van der Waals surface area contributed by atoms with Crippen molar-refractivity contribution in [1.29, 1.82) is 0 Å². The van der Waals surface area contributed by atoms with E-state index in [4.69, 9.17) is 0 Å². The summed E-state index contributed by atoms with van der Waals surface area (Å²) in [5.41, 5.74) is 0. The Morgan fingerprint density at radius 2 is 0.304 bits per heavy atom. The zero-order valence-electron chi connectivity index (χ0n) is 39.5. The summed E-state index contributed by atoms with van der Waals surface area (Å²) in [4.78, 5) is 0. The van der Waals surface area contributed by atoms with E-state index in [1.807, 2.05) is 0 Å². The summed E-state index contributed by atoms with van der Waals surface area (Å²) < 4.78 is 0. The molecule has 0 aromatic heterocycles. The lowest BCUT2D eigenvalue weighted by Gasteiger charge is -2.74. The second-order valence-electron chi connectivity index (χ2n) is 23.0. The van der Waals surface area contributed by atoms with E-state index in [0.717, 1.165) is 0 Å². The molecule has 12 heteroatoms. The second-order valence-corrected chi connectivity index (χ2v) is 162. The number of hydrogen-bond acceptors (Lipinski definition) is 0. The van der Waals surface area contributed by atoms with Crippen molar-refractivity contribution in [2.75, 3.05) is 0 Å². The van der Waals surface area contributed by atoms with Gasteiger partial charge < -0.3 is 0 Å². The van der Waals surface area contributed by atoms with Crippen molar-refractivity contribution >= 4 is 106 Å². The second kappa shape index (κ2) is 14.6. The lowest BCUT2D eigenvalue weighted by Crippen LogP contribution is -3.06. The van der Waals surface area contributed by atoms with E-state index in [2.05, 4.69) is 252 Å². The topological polar surface area (TPSA) is 0 Å². The fourth-order valence-electron chi connectivity index (χ4n) is 13.8. The number of rotatable bonds is 4. The molecule has 2 saturated heterocycles. The third-order valence-corrected chi connectivity index (χ3v) is 319. The highest BCUT2D eigenvalue weighted by molar-refractivity contribution is 8.17. The van der Waals surface area contributed by atoms with Gasteiger partial charge >= 0.3 is 0 Å². The molecule has 0 N–H and O–H groups in total. The molecule has 56 heavy (non-hydrogen) atoms. The molecule has 0 radical (unpaired) electrons. The average molecular weight is 946 g/mol. The fourth-order valence-corrected chi connectivity index (χ4v) is 493. The van der Waals surface area contributed by atoms with Crippen LogP contribution in [0.3, 0.4) is 0 Å². The number of hydrogen-bond donors (Lipinski definition) is 0. The molecule has 4 aromatic rings. The van der Waals surface area contributed by atoms with E-state index < -0.39 is 85.3 Å². The molecule has 0 saturated carbocycles. The van der Waals surface area contributed by atoms with Crippen LogP contribution in [0.5, 0.6) is 0 Å². The highest BCUT2D eigenvalue weighted by atomic mass is 30.2. The summed E-state index contributed by atoms with van der Waals surface area (Å²) in [7, 11) is -17.5. The smallest absolute Gasteiger partial charge is 0.0711 e. The molecule has 2 aliphatic heterocycles. The molecule has 0 amide bonds. The quantitative estimate of drug-likeness (QED) is 0.179. The van der Waals surface area contributed by atoms with Gasteiger partial charge in [-0.3, -0.25) is 0 Å². The van der Waals surface area contributed by atoms with Gasteiger partial charge in [-0.1, -0.05) is 273 Å². The summed E-state index contributed by atoms with van der Waals surface area (Å²) >= 11 is 0. The van der Waals surface area contributed by atoms with Gasteiger partial charge in [0.15, 0.2) is 0 Å². The minimum absolute atomic E-state index is 1.29. The molecule has 2 aliphatic rings. The average Bonchev–Trinajstić information content (AvgIpc) is 3.16. The standard InChI is InChI=1S/2C22H40Si6/c2*1-23(2)24(3,4)26(7,8)28(10,22-19-15-12-16-20-22)27(9,25(23,5)6)21-17-13-11-14-18-21/h2*11-20H,1-10H3/t2*27-,28+. The van der Waals surface area contributed by atoms with Gasteiger partial charge in [-0.2, -0.15) is 0 Å². The normalized spacial score (nSPS) is 32.6. The van der Waals surface area contributed by atoms with Crippen molar-refractivity contribution in [3.8, 4) is 0 Å². The molecular formula is C44H80Si12. The fraction of sp³-hybridized carbons (Fsp3) is 0.455.